The van der Waals surface area contributed by atoms with E-state index in [-0.39, 0.29) is 12.4 Å². The summed E-state index contributed by atoms with van der Waals surface area (Å²) in [5.74, 6) is 0.534. The maximum absolute atomic E-state index is 13.5. The number of halogens is 1. The van der Waals surface area contributed by atoms with Gasteiger partial charge in [0.05, 0.1) is 13.2 Å². The Morgan fingerprint density at radius 2 is 1.65 bits per heavy atom. The molecule has 0 bridgehead atoms. The van der Waals surface area contributed by atoms with Crippen LogP contribution >= 0.6 is 0 Å². The highest BCUT2D eigenvalue weighted by Gasteiger charge is 2.03. The molecule has 0 spiro atoms. The van der Waals surface area contributed by atoms with E-state index in [1.165, 1.54) is 11.6 Å². The Bertz CT molecular complexity index is 549. The fourth-order valence-electron chi connectivity index (χ4n) is 2.08. The van der Waals surface area contributed by atoms with E-state index >= 15 is 0 Å². The van der Waals surface area contributed by atoms with Crippen LogP contribution in [-0.2, 0) is 19.4 Å². The van der Waals surface area contributed by atoms with E-state index < -0.39 is 0 Å². The molecule has 106 valence electrons. The van der Waals surface area contributed by atoms with Gasteiger partial charge in [-0.3, -0.25) is 0 Å². The predicted octanol–water partition coefficient (Wildman–Crippen LogP) is 3.50. The molecule has 2 nitrogen and oxygen atoms in total. The molecule has 0 aromatic heterocycles. The molecular weight excluding hydrogens is 255 g/mol. The van der Waals surface area contributed by atoms with Crippen LogP contribution in [0.2, 0.25) is 0 Å². The van der Waals surface area contributed by atoms with Gasteiger partial charge >= 0.3 is 0 Å². The van der Waals surface area contributed by atoms with Crippen molar-refractivity contribution >= 4 is 0 Å². The average Bonchev–Trinajstić information content (AvgIpc) is 2.47. The minimum Gasteiger partial charge on any atom is -0.494 e. The van der Waals surface area contributed by atoms with Crippen molar-refractivity contribution in [2.75, 3.05) is 6.61 Å². The second kappa shape index (κ2) is 7.06. The van der Waals surface area contributed by atoms with Gasteiger partial charge < -0.3 is 9.84 Å². The van der Waals surface area contributed by atoms with E-state index in [0.717, 1.165) is 24.2 Å². The first-order valence-electron chi connectivity index (χ1n) is 6.83. The summed E-state index contributed by atoms with van der Waals surface area (Å²) in [6.07, 6.45) is 1.63. The molecule has 0 saturated carbocycles. The summed E-state index contributed by atoms with van der Waals surface area (Å²) in [5.41, 5.74) is 2.48. The van der Waals surface area contributed by atoms with E-state index in [0.29, 0.717) is 12.2 Å². The molecule has 2 rings (SSSR count). The van der Waals surface area contributed by atoms with Gasteiger partial charge in [0.2, 0.25) is 0 Å². The minimum atomic E-state index is -0.336. The molecule has 0 heterocycles. The number of hydrogen-bond acceptors (Lipinski definition) is 2. The van der Waals surface area contributed by atoms with Gasteiger partial charge in [-0.1, -0.05) is 24.3 Å². The molecule has 0 saturated heterocycles. The van der Waals surface area contributed by atoms with E-state index in [9.17, 15) is 4.39 Å². The van der Waals surface area contributed by atoms with Crippen LogP contribution in [0.1, 0.15) is 23.6 Å². The normalized spacial score (nSPS) is 10.6. The van der Waals surface area contributed by atoms with Crippen molar-refractivity contribution in [2.45, 2.75) is 26.4 Å². The monoisotopic (exact) mass is 274 g/mol. The molecule has 0 aliphatic carbocycles. The molecule has 0 unspecified atom stereocenters. The summed E-state index contributed by atoms with van der Waals surface area (Å²) in [7, 11) is 0. The van der Waals surface area contributed by atoms with Crippen molar-refractivity contribution < 1.29 is 14.2 Å². The van der Waals surface area contributed by atoms with Crippen LogP contribution in [0.5, 0.6) is 5.75 Å². The van der Waals surface area contributed by atoms with Crippen LogP contribution in [0.3, 0.4) is 0 Å². The number of benzene rings is 2. The van der Waals surface area contributed by atoms with Gasteiger partial charge in [0.25, 0.3) is 0 Å². The van der Waals surface area contributed by atoms with E-state index in [4.69, 9.17) is 9.84 Å². The highest BCUT2D eigenvalue weighted by molar-refractivity contribution is 5.29. The lowest BCUT2D eigenvalue weighted by Crippen LogP contribution is -1.96. The highest BCUT2D eigenvalue weighted by atomic mass is 19.1. The third-order valence-electron chi connectivity index (χ3n) is 3.22. The molecule has 0 aliphatic rings. The molecule has 0 radical (unpaired) electrons. The minimum absolute atomic E-state index is 0.259. The molecule has 1 N–H and O–H groups in total. The third kappa shape index (κ3) is 3.81. The third-order valence-corrected chi connectivity index (χ3v) is 3.22. The Morgan fingerprint density at radius 3 is 2.25 bits per heavy atom. The van der Waals surface area contributed by atoms with Gasteiger partial charge in [-0.15, -0.1) is 0 Å². The molecule has 0 atom stereocenters. The van der Waals surface area contributed by atoms with Gasteiger partial charge in [0, 0.05) is 5.56 Å². The van der Waals surface area contributed by atoms with Crippen LogP contribution in [0.4, 0.5) is 4.39 Å². The summed E-state index contributed by atoms with van der Waals surface area (Å²) >= 11 is 0. The molecule has 0 fully saturated rings. The standard InChI is InChI=1S/C17H19FO2/c1-2-20-16-9-6-13(7-10-16)3-4-14-5-8-15(12-19)17(18)11-14/h5-11,19H,2-4,12H2,1H3. The fourth-order valence-corrected chi connectivity index (χ4v) is 2.08. The van der Waals surface area contributed by atoms with E-state index in [1.807, 2.05) is 37.3 Å². The summed E-state index contributed by atoms with van der Waals surface area (Å²) in [6.45, 7) is 2.36. The maximum atomic E-state index is 13.5. The molecular formula is C17H19FO2. The SMILES string of the molecule is CCOc1ccc(CCc2ccc(CO)c(F)c2)cc1. The van der Waals surface area contributed by atoms with Crippen molar-refractivity contribution in [2.24, 2.45) is 0 Å². The van der Waals surface area contributed by atoms with Crippen LogP contribution in [-0.4, -0.2) is 11.7 Å². The van der Waals surface area contributed by atoms with Crippen molar-refractivity contribution in [3.05, 3.63) is 65.0 Å². The first-order chi connectivity index (χ1) is 9.72. The van der Waals surface area contributed by atoms with Crippen molar-refractivity contribution in [3.63, 3.8) is 0 Å². The van der Waals surface area contributed by atoms with E-state index in [2.05, 4.69) is 0 Å². The predicted molar refractivity (Wildman–Crippen MR) is 77.3 cm³/mol. The number of aliphatic hydroxyl groups excluding tert-OH is 1. The first kappa shape index (κ1) is 14.5. The Kier molecular flexibility index (Phi) is 5.13. The number of rotatable bonds is 6. The summed E-state index contributed by atoms with van der Waals surface area (Å²) in [4.78, 5) is 0. The lowest BCUT2D eigenvalue weighted by Gasteiger charge is -2.06. The van der Waals surface area contributed by atoms with Gasteiger partial charge in [0.1, 0.15) is 11.6 Å². The van der Waals surface area contributed by atoms with Crippen LogP contribution in [0, 0.1) is 5.82 Å². The Labute approximate surface area is 118 Å². The van der Waals surface area contributed by atoms with Crippen LogP contribution in [0.25, 0.3) is 0 Å². The van der Waals surface area contributed by atoms with Gasteiger partial charge in [-0.2, -0.15) is 0 Å². The Balaban J connectivity index is 1.96. The zero-order valence-corrected chi connectivity index (χ0v) is 11.6. The highest BCUT2D eigenvalue weighted by Crippen LogP contribution is 2.16. The molecule has 20 heavy (non-hydrogen) atoms. The molecule has 3 heteroatoms. The Hall–Kier alpha value is -1.87. The second-order valence-corrected chi connectivity index (χ2v) is 4.66. The van der Waals surface area contributed by atoms with Crippen molar-refractivity contribution in [3.8, 4) is 5.75 Å². The number of aliphatic hydroxyl groups is 1. The molecule has 0 amide bonds. The van der Waals surface area contributed by atoms with Gasteiger partial charge in [-0.25, -0.2) is 4.39 Å². The van der Waals surface area contributed by atoms with E-state index in [1.54, 1.807) is 6.07 Å². The number of aryl methyl sites for hydroxylation is 2. The lowest BCUT2D eigenvalue weighted by atomic mass is 10.0. The van der Waals surface area contributed by atoms with Crippen molar-refractivity contribution in [1.29, 1.82) is 0 Å². The smallest absolute Gasteiger partial charge is 0.128 e. The molecule has 2 aromatic carbocycles. The van der Waals surface area contributed by atoms with Gasteiger partial charge in [-0.05, 0) is 49.1 Å². The van der Waals surface area contributed by atoms with Crippen molar-refractivity contribution in [1.82, 2.24) is 0 Å². The molecule has 0 aliphatic heterocycles. The molecule has 2 aromatic rings. The zero-order chi connectivity index (χ0) is 14.4. The maximum Gasteiger partial charge on any atom is 0.128 e. The number of hydrogen-bond donors (Lipinski definition) is 1. The largest absolute Gasteiger partial charge is 0.494 e. The quantitative estimate of drug-likeness (QED) is 0.873. The topological polar surface area (TPSA) is 29.5 Å². The second-order valence-electron chi connectivity index (χ2n) is 4.66. The number of ether oxygens (including phenoxy) is 1. The van der Waals surface area contributed by atoms with Crippen LogP contribution < -0.4 is 4.74 Å². The Morgan fingerprint density at radius 1 is 1.00 bits per heavy atom. The zero-order valence-electron chi connectivity index (χ0n) is 11.6. The fraction of sp³-hybridized carbons (Fsp3) is 0.294. The van der Waals surface area contributed by atoms with Crippen LogP contribution in [0.15, 0.2) is 42.5 Å². The lowest BCUT2D eigenvalue weighted by molar-refractivity contribution is 0.275. The van der Waals surface area contributed by atoms with Gasteiger partial charge in [0.15, 0.2) is 0 Å². The summed E-state index contributed by atoms with van der Waals surface area (Å²) in [6, 6.07) is 13.0. The summed E-state index contributed by atoms with van der Waals surface area (Å²) in [5, 5.41) is 8.94. The summed E-state index contributed by atoms with van der Waals surface area (Å²) < 4.78 is 18.9. The first-order valence-corrected chi connectivity index (χ1v) is 6.83. The average molecular weight is 274 g/mol.